The van der Waals surface area contributed by atoms with Crippen LogP contribution in [0.15, 0.2) is 18.6 Å². The Balaban J connectivity index is 1.80. The molecule has 2 aromatic rings. The van der Waals surface area contributed by atoms with Crippen molar-refractivity contribution >= 4 is 17.3 Å². The number of nitrogens with one attached hydrogen (secondary N) is 2. The summed E-state index contributed by atoms with van der Waals surface area (Å²) < 4.78 is 2.02. The van der Waals surface area contributed by atoms with Gasteiger partial charge in [0.2, 0.25) is 0 Å². The molecule has 1 fully saturated rings. The summed E-state index contributed by atoms with van der Waals surface area (Å²) in [5.74, 6) is 1.77. The van der Waals surface area contributed by atoms with Crippen molar-refractivity contribution in [1.29, 1.82) is 0 Å². The second kappa shape index (κ2) is 5.31. The Kier molecular flexibility index (Phi) is 3.51. The fourth-order valence-corrected chi connectivity index (χ4v) is 2.81. The van der Waals surface area contributed by atoms with Gasteiger partial charge in [-0.05, 0) is 31.6 Å². The summed E-state index contributed by atoms with van der Waals surface area (Å²) in [6.07, 6.45) is 11.0. The molecule has 0 aromatic carbocycles. The van der Waals surface area contributed by atoms with E-state index in [9.17, 15) is 0 Å². The fraction of sp³-hybridized carbons (Fsp3) is 0.600. The summed E-state index contributed by atoms with van der Waals surface area (Å²) in [5, 5.41) is 6.79. The van der Waals surface area contributed by atoms with Crippen LogP contribution in [0.25, 0.3) is 5.65 Å². The summed E-state index contributed by atoms with van der Waals surface area (Å²) in [6.45, 7) is 6.21. The first kappa shape index (κ1) is 13.2. The van der Waals surface area contributed by atoms with Crippen LogP contribution >= 0.6 is 0 Å². The maximum Gasteiger partial charge on any atom is 0.180 e. The van der Waals surface area contributed by atoms with Crippen molar-refractivity contribution < 1.29 is 0 Å². The van der Waals surface area contributed by atoms with E-state index >= 15 is 0 Å². The summed E-state index contributed by atoms with van der Waals surface area (Å²) in [6, 6.07) is 0. The van der Waals surface area contributed by atoms with Crippen LogP contribution in [0.2, 0.25) is 0 Å². The molecule has 0 aliphatic heterocycles. The van der Waals surface area contributed by atoms with E-state index in [0.717, 1.165) is 30.4 Å². The van der Waals surface area contributed by atoms with E-state index in [1.807, 2.05) is 23.0 Å². The minimum absolute atomic E-state index is 0.508. The third-order valence-corrected chi connectivity index (χ3v) is 4.10. The third-order valence-electron chi connectivity index (χ3n) is 4.10. The van der Waals surface area contributed by atoms with E-state index < -0.39 is 0 Å². The van der Waals surface area contributed by atoms with Crippen LogP contribution in [0.1, 0.15) is 39.5 Å². The second-order valence-corrected chi connectivity index (χ2v) is 5.77. The van der Waals surface area contributed by atoms with E-state index in [0.29, 0.717) is 5.41 Å². The van der Waals surface area contributed by atoms with Crippen molar-refractivity contribution in [2.75, 3.05) is 23.7 Å². The van der Waals surface area contributed by atoms with Gasteiger partial charge in [-0.2, -0.15) is 0 Å². The van der Waals surface area contributed by atoms with Gasteiger partial charge in [-0.3, -0.25) is 0 Å². The SMILES string of the molecule is CCCC1(CNc2nc(NCC)cn3ccnc23)CC1. The van der Waals surface area contributed by atoms with Gasteiger partial charge in [-0.1, -0.05) is 13.3 Å². The van der Waals surface area contributed by atoms with Gasteiger partial charge in [-0.25, -0.2) is 9.97 Å². The Morgan fingerprint density at radius 3 is 2.85 bits per heavy atom. The maximum absolute atomic E-state index is 4.65. The molecule has 2 N–H and O–H groups in total. The standard InChI is InChI=1S/C15H23N5/c1-3-5-15(6-7-15)11-18-13-14-17-8-9-20(14)10-12(19-13)16-4-2/h8-10,16H,3-7,11H2,1-2H3,(H,18,19). The molecule has 20 heavy (non-hydrogen) atoms. The molecular weight excluding hydrogens is 250 g/mol. The van der Waals surface area contributed by atoms with Gasteiger partial charge in [0.15, 0.2) is 11.5 Å². The van der Waals surface area contributed by atoms with Crippen LogP contribution in [0.4, 0.5) is 11.6 Å². The molecule has 2 aromatic heterocycles. The molecule has 108 valence electrons. The van der Waals surface area contributed by atoms with Crippen LogP contribution in [-0.2, 0) is 0 Å². The van der Waals surface area contributed by atoms with Crippen LogP contribution in [0, 0.1) is 5.41 Å². The van der Waals surface area contributed by atoms with Gasteiger partial charge >= 0.3 is 0 Å². The zero-order chi connectivity index (χ0) is 14.0. The molecule has 1 aliphatic rings. The number of anilines is 2. The van der Waals surface area contributed by atoms with Gasteiger partial charge in [0.25, 0.3) is 0 Å². The molecule has 0 spiro atoms. The molecular formula is C15H23N5. The first-order valence-corrected chi connectivity index (χ1v) is 7.58. The third kappa shape index (κ3) is 2.57. The van der Waals surface area contributed by atoms with E-state index in [1.165, 1.54) is 25.7 Å². The number of rotatable bonds is 7. The number of hydrogen-bond donors (Lipinski definition) is 2. The molecule has 2 heterocycles. The van der Waals surface area contributed by atoms with Gasteiger partial charge < -0.3 is 15.0 Å². The zero-order valence-electron chi connectivity index (χ0n) is 12.3. The lowest BCUT2D eigenvalue weighted by Crippen LogP contribution is -2.17. The molecule has 1 aliphatic carbocycles. The van der Waals surface area contributed by atoms with Gasteiger partial charge in [-0.15, -0.1) is 0 Å². The van der Waals surface area contributed by atoms with E-state index in [1.54, 1.807) is 0 Å². The first-order valence-electron chi connectivity index (χ1n) is 7.58. The molecule has 0 radical (unpaired) electrons. The lowest BCUT2D eigenvalue weighted by Gasteiger charge is -2.16. The predicted octanol–water partition coefficient (Wildman–Crippen LogP) is 3.15. The average molecular weight is 273 g/mol. The van der Waals surface area contributed by atoms with E-state index in [4.69, 9.17) is 0 Å². The Hall–Kier alpha value is -1.78. The summed E-state index contributed by atoms with van der Waals surface area (Å²) in [7, 11) is 0. The quantitative estimate of drug-likeness (QED) is 0.813. The highest BCUT2D eigenvalue weighted by Crippen LogP contribution is 2.49. The summed E-state index contributed by atoms with van der Waals surface area (Å²) >= 11 is 0. The second-order valence-electron chi connectivity index (χ2n) is 5.77. The number of hydrogen-bond acceptors (Lipinski definition) is 4. The van der Waals surface area contributed by atoms with E-state index in [-0.39, 0.29) is 0 Å². The molecule has 1 saturated carbocycles. The molecule has 5 nitrogen and oxygen atoms in total. The zero-order valence-corrected chi connectivity index (χ0v) is 12.3. The molecule has 0 bridgehead atoms. The largest absolute Gasteiger partial charge is 0.369 e. The fourth-order valence-electron chi connectivity index (χ4n) is 2.81. The molecule has 0 amide bonds. The smallest absolute Gasteiger partial charge is 0.180 e. The topological polar surface area (TPSA) is 54.2 Å². The van der Waals surface area contributed by atoms with Gasteiger partial charge in [0.1, 0.15) is 5.82 Å². The molecule has 5 heteroatoms. The van der Waals surface area contributed by atoms with E-state index in [2.05, 4.69) is 34.4 Å². The average Bonchev–Trinajstić information content (AvgIpc) is 3.03. The van der Waals surface area contributed by atoms with Crippen LogP contribution in [-0.4, -0.2) is 27.5 Å². The minimum atomic E-state index is 0.508. The lowest BCUT2D eigenvalue weighted by molar-refractivity contribution is 0.485. The Bertz CT molecular complexity index is 585. The lowest BCUT2D eigenvalue weighted by atomic mass is 10.0. The van der Waals surface area contributed by atoms with Crippen molar-refractivity contribution in [3.05, 3.63) is 18.6 Å². The van der Waals surface area contributed by atoms with Crippen LogP contribution in [0.5, 0.6) is 0 Å². The number of nitrogens with zero attached hydrogens (tertiary/aromatic N) is 3. The minimum Gasteiger partial charge on any atom is -0.369 e. The highest BCUT2D eigenvalue weighted by atomic mass is 15.1. The Labute approximate surface area is 119 Å². The molecule has 0 saturated heterocycles. The maximum atomic E-state index is 4.65. The molecule has 0 unspecified atom stereocenters. The monoisotopic (exact) mass is 273 g/mol. The first-order chi connectivity index (χ1) is 9.76. The van der Waals surface area contributed by atoms with Crippen LogP contribution in [0.3, 0.4) is 0 Å². The Morgan fingerprint density at radius 1 is 1.30 bits per heavy atom. The molecule has 3 rings (SSSR count). The summed E-state index contributed by atoms with van der Waals surface area (Å²) in [4.78, 5) is 9.05. The van der Waals surface area contributed by atoms with Crippen molar-refractivity contribution in [1.82, 2.24) is 14.4 Å². The number of fused-ring (bicyclic) bond motifs is 1. The number of aromatic nitrogens is 3. The highest BCUT2D eigenvalue weighted by molar-refractivity contribution is 5.65. The summed E-state index contributed by atoms with van der Waals surface area (Å²) in [5.41, 5.74) is 1.41. The highest BCUT2D eigenvalue weighted by Gasteiger charge is 2.41. The van der Waals surface area contributed by atoms with Gasteiger partial charge in [0, 0.05) is 25.5 Å². The Morgan fingerprint density at radius 2 is 2.15 bits per heavy atom. The predicted molar refractivity (Wildman–Crippen MR) is 82.2 cm³/mol. The van der Waals surface area contributed by atoms with Crippen LogP contribution < -0.4 is 10.6 Å². The van der Waals surface area contributed by atoms with Crippen molar-refractivity contribution in [2.45, 2.75) is 39.5 Å². The van der Waals surface area contributed by atoms with Crippen molar-refractivity contribution in [2.24, 2.45) is 5.41 Å². The van der Waals surface area contributed by atoms with Crippen molar-refractivity contribution in [3.63, 3.8) is 0 Å². The molecule has 0 atom stereocenters. The normalized spacial score (nSPS) is 16.3. The van der Waals surface area contributed by atoms with Gasteiger partial charge in [0.05, 0.1) is 6.20 Å². The van der Waals surface area contributed by atoms with Crippen molar-refractivity contribution in [3.8, 4) is 0 Å². The number of imidazole rings is 1.